The summed E-state index contributed by atoms with van der Waals surface area (Å²) in [6.07, 6.45) is 1.61. The lowest BCUT2D eigenvalue weighted by atomic mass is 10.1. The maximum absolute atomic E-state index is 13.6. The molecule has 1 amide bonds. The van der Waals surface area contributed by atoms with Crippen molar-refractivity contribution in [3.8, 4) is 0 Å². The Morgan fingerprint density at radius 1 is 1.56 bits per heavy atom. The average molecular weight is 251 g/mol. The zero-order valence-corrected chi connectivity index (χ0v) is 10.8. The number of carbonyl (C=O) groups excluding carboxylic acids is 1. The minimum Gasteiger partial charge on any atom is -0.383 e. The molecule has 1 aromatic rings. The smallest absolute Gasteiger partial charge is 0.257 e. The van der Waals surface area contributed by atoms with Gasteiger partial charge in [-0.1, -0.05) is 17.7 Å². The molecule has 18 heavy (non-hydrogen) atoms. The van der Waals surface area contributed by atoms with E-state index in [4.69, 9.17) is 4.74 Å². The lowest BCUT2D eigenvalue weighted by molar-refractivity contribution is 0.0713. The maximum atomic E-state index is 13.6. The molecule has 98 valence electrons. The number of amides is 1. The first-order valence-electron chi connectivity index (χ1n) is 5.75. The first-order valence-corrected chi connectivity index (χ1v) is 5.75. The predicted octanol–water partition coefficient (Wildman–Crippen LogP) is 2.41. The van der Waals surface area contributed by atoms with Crippen molar-refractivity contribution in [1.29, 1.82) is 0 Å². The van der Waals surface area contributed by atoms with Gasteiger partial charge in [-0.25, -0.2) is 4.39 Å². The number of hydrogen-bond donors (Lipinski definition) is 0. The van der Waals surface area contributed by atoms with E-state index >= 15 is 0 Å². The Balaban J connectivity index is 2.93. The van der Waals surface area contributed by atoms with E-state index < -0.39 is 5.82 Å². The minimum absolute atomic E-state index is 0.0907. The molecule has 0 saturated carbocycles. The number of ether oxygens (including phenoxy) is 1. The van der Waals surface area contributed by atoms with Gasteiger partial charge in [0.2, 0.25) is 0 Å². The fourth-order valence-electron chi connectivity index (χ4n) is 1.61. The van der Waals surface area contributed by atoms with Crippen LogP contribution in [0.1, 0.15) is 15.9 Å². The van der Waals surface area contributed by atoms with Crippen LogP contribution in [0.4, 0.5) is 4.39 Å². The second kappa shape index (κ2) is 6.91. The molecule has 0 bridgehead atoms. The normalized spacial score (nSPS) is 10.2. The van der Waals surface area contributed by atoms with Crippen molar-refractivity contribution < 1.29 is 13.9 Å². The van der Waals surface area contributed by atoms with Gasteiger partial charge < -0.3 is 9.64 Å². The van der Waals surface area contributed by atoms with Gasteiger partial charge in [0.05, 0.1) is 12.2 Å². The lowest BCUT2D eigenvalue weighted by Crippen LogP contribution is -2.34. The molecule has 1 rings (SSSR count). The number of methoxy groups -OCH3 is 1. The molecule has 0 unspecified atom stereocenters. The van der Waals surface area contributed by atoms with Crippen LogP contribution >= 0.6 is 0 Å². The largest absolute Gasteiger partial charge is 0.383 e. The van der Waals surface area contributed by atoms with E-state index in [1.165, 1.54) is 11.0 Å². The van der Waals surface area contributed by atoms with Crippen molar-refractivity contribution in [2.45, 2.75) is 6.92 Å². The first kappa shape index (κ1) is 14.4. The Morgan fingerprint density at radius 3 is 2.89 bits per heavy atom. The Kier molecular flexibility index (Phi) is 5.52. The zero-order valence-electron chi connectivity index (χ0n) is 10.8. The molecule has 0 fully saturated rings. The van der Waals surface area contributed by atoms with E-state index in [2.05, 4.69) is 6.58 Å². The van der Waals surface area contributed by atoms with Gasteiger partial charge in [-0.15, -0.1) is 6.58 Å². The Morgan fingerprint density at radius 2 is 2.28 bits per heavy atom. The van der Waals surface area contributed by atoms with Crippen molar-refractivity contribution in [3.05, 3.63) is 47.8 Å². The van der Waals surface area contributed by atoms with Gasteiger partial charge >= 0.3 is 0 Å². The van der Waals surface area contributed by atoms with Crippen LogP contribution in [0.25, 0.3) is 0 Å². The predicted molar refractivity (Wildman–Crippen MR) is 69.1 cm³/mol. The third kappa shape index (κ3) is 3.67. The summed E-state index contributed by atoms with van der Waals surface area (Å²) in [6.45, 7) is 6.61. The average Bonchev–Trinajstić information content (AvgIpc) is 2.36. The summed E-state index contributed by atoms with van der Waals surface area (Å²) in [5.74, 6) is -0.842. The third-order valence-electron chi connectivity index (χ3n) is 2.55. The number of rotatable bonds is 6. The first-order chi connectivity index (χ1) is 8.60. The number of aryl methyl sites for hydroxylation is 1. The molecule has 1 aromatic carbocycles. The van der Waals surface area contributed by atoms with E-state index in [1.807, 2.05) is 6.92 Å². The van der Waals surface area contributed by atoms with Gasteiger partial charge in [0.1, 0.15) is 5.82 Å². The molecule has 0 radical (unpaired) electrons. The van der Waals surface area contributed by atoms with Crippen LogP contribution in [0.15, 0.2) is 30.9 Å². The van der Waals surface area contributed by atoms with Gasteiger partial charge in [-0.05, 0) is 19.1 Å². The number of benzene rings is 1. The van der Waals surface area contributed by atoms with Gasteiger partial charge in [0, 0.05) is 20.2 Å². The molecular weight excluding hydrogens is 233 g/mol. The quantitative estimate of drug-likeness (QED) is 0.727. The number of nitrogens with zero attached hydrogens (tertiary/aromatic N) is 1. The second-order valence-corrected chi connectivity index (χ2v) is 4.02. The highest BCUT2D eigenvalue weighted by Crippen LogP contribution is 2.13. The second-order valence-electron chi connectivity index (χ2n) is 4.02. The maximum Gasteiger partial charge on any atom is 0.257 e. The zero-order chi connectivity index (χ0) is 13.5. The van der Waals surface area contributed by atoms with Crippen LogP contribution in [0.2, 0.25) is 0 Å². The molecular formula is C14H18FNO2. The van der Waals surface area contributed by atoms with Gasteiger partial charge in [0.25, 0.3) is 5.91 Å². The van der Waals surface area contributed by atoms with Crippen LogP contribution < -0.4 is 0 Å². The fourth-order valence-corrected chi connectivity index (χ4v) is 1.61. The standard InChI is InChI=1S/C14H18FNO2/c1-4-7-16(8-9-18-3)14(17)12-10-11(2)5-6-13(12)15/h4-6,10H,1,7-9H2,2-3H3. The van der Waals surface area contributed by atoms with Crippen LogP contribution in [0.5, 0.6) is 0 Å². The number of carbonyl (C=O) groups is 1. The molecule has 0 aliphatic rings. The molecule has 0 spiro atoms. The molecule has 4 heteroatoms. The molecule has 0 heterocycles. The van der Waals surface area contributed by atoms with Crippen molar-refractivity contribution in [1.82, 2.24) is 4.90 Å². The summed E-state index contributed by atoms with van der Waals surface area (Å²) in [4.78, 5) is 13.7. The molecule has 0 aromatic heterocycles. The summed E-state index contributed by atoms with van der Waals surface area (Å²) >= 11 is 0. The van der Waals surface area contributed by atoms with Gasteiger partial charge in [-0.3, -0.25) is 4.79 Å². The van der Waals surface area contributed by atoms with Crippen LogP contribution in [-0.2, 0) is 4.74 Å². The number of halogens is 1. The monoisotopic (exact) mass is 251 g/mol. The van der Waals surface area contributed by atoms with Crippen molar-refractivity contribution in [2.24, 2.45) is 0 Å². The molecule has 3 nitrogen and oxygen atoms in total. The molecule has 0 aliphatic carbocycles. The third-order valence-corrected chi connectivity index (χ3v) is 2.55. The highest BCUT2D eigenvalue weighted by molar-refractivity contribution is 5.94. The SMILES string of the molecule is C=CCN(CCOC)C(=O)c1cc(C)ccc1F. The summed E-state index contributed by atoms with van der Waals surface area (Å²) in [6, 6.07) is 4.50. The summed E-state index contributed by atoms with van der Waals surface area (Å²) in [5.41, 5.74) is 0.943. The van der Waals surface area contributed by atoms with Crippen molar-refractivity contribution in [3.63, 3.8) is 0 Å². The van der Waals surface area contributed by atoms with Crippen molar-refractivity contribution in [2.75, 3.05) is 26.8 Å². The van der Waals surface area contributed by atoms with Crippen molar-refractivity contribution >= 4 is 5.91 Å². The van der Waals surface area contributed by atoms with E-state index in [-0.39, 0.29) is 11.5 Å². The fraction of sp³-hybridized carbons (Fsp3) is 0.357. The van der Waals surface area contributed by atoms with Gasteiger partial charge in [0.15, 0.2) is 0 Å². The van der Waals surface area contributed by atoms with E-state index in [1.54, 1.807) is 25.3 Å². The van der Waals surface area contributed by atoms with Gasteiger partial charge in [-0.2, -0.15) is 0 Å². The topological polar surface area (TPSA) is 29.5 Å². The van der Waals surface area contributed by atoms with Crippen LogP contribution in [0, 0.1) is 12.7 Å². The van der Waals surface area contributed by atoms with Crippen LogP contribution in [-0.4, -0.2) is 37.6 Å². The summed E-state index contributed by atoms with van der Waals surface area (Å²) < 4.78 is 18.6. The minimum atomic E-state index is -0.503. The molecule has 0 atom stereocenters. The molecule has 0 aliphatic heterocycles. The summed E-state index contributed by atoms with van der Waals surface area (Å²) in [7, 11) is 1.56. The summed E-state index contributed by atoms with van der Waals surface area (Å²) in [5, 5.41) is 0. The Hall–Kier alpha value is -1.68. The number of hydrogen-bond acceptors (Lipinski definition) is 2. The highest BCUT2D eigenvalue weighted by atomic mass is 19.1. The Labute approximate surface area is 107 Å². The van der Waals surface area contributed by atoms with E-state index in [0.717, 1.165) is 5.56 Å². The van der Waals surface area contributed by atoms with Crippen LogP contribution in [0.3, 0.4) is 0 Å². The van der Waals surface area contributed by atoms with E-state index in [9.17, 15) is 9.18 Å². The highest BCUT2D eigenvalue weighted by Gasteiger charge is 2.18. The molecule has 0 N–H and O–H groups in total. The lowest BCUT2D eigenvalue weighted by Gasteiger charge is -2.21. The molecule has 0 saturated heterocycles. The Bertz CT molecular complexity index is 432. The van der Waals surface area contributed by atoms with E-state index in [0.29, 0.717) is 19.7 Å².